The largest absolute Gasteiger partial charge is 0.748 e. The van der Waals surface area contributed by atoms with E-state index in [9.17, 15) is 17.8 Å². The molecule has 1 atom stereocenters. The summed E-state index contributed by atoms with van der Waals surface area (Å²) in [5, 5.41) is 2.62. The summed E-state index contributed by atoms with van der Waals surface area (Å²) in [7, 11) is 6.27. The number of carbonyl (C=O) groups is 1. The minimum absolute atomic E-state index is 0.268. The van der Waals surface area contributed by atoms with Crippen LogP contribution in [0.15, 0.2) is 0 Å². The molecule has 0 aromatic rings. The monoisotopic (exact) mass is 490 g/mol. The molecule has 0 aromatic carbocycles. The van der Waals surface area contributed by atoms with Gasteiger partial charge in [0, 0.05) is 44.6 Å². The van der Waals surface area contributed by atoms with Gasteiger partial charge in [-0.3, -0.25) is 4.79 Å². The second-order valence-corrected chi connectivity index (χ2v) is 14.8. The molecule has 0 aliphatic carbocycles. The van der Waals surface area contributed by atoms with Gasteiger partial charge in [-0.05, 0) is 26.0 Å². The van der Waals surface area contributed by atoms with Gasteiger partial charge in [-0.2, -0.15) is 11.8 Å². The second-order valence-electron chi connectivity index (χ2n) is 9.13. The molecule has 0 radical (unpaired) electrons. The van der Waals surface area contributed by atoms with E-state index in [0.717, 1.165) is 16.7 Å². The zero-order valence-corrected chi connectivity index (χ0v) is 22.9. The van der Waals surface area contributed by atoms with Crippen LogP contribution in [0.25, 0.3) is 0 Å². The fourth-order valence-electron chi connectivity index (χ4n) is 2.22. The van der Waals surface area contributed by atoms with Crippen LogP contribution in [0.1, 0.15) is 27.2 Å². The highest BCUT2D eigenvalue weighted by Gasteiger charge is 2.36. The molecule has 0 spiro atoms. The average molecular weight is 491 g/mol. The highest BCUT2D eigenvalue weighted by Crippen LogP contribution is 2.19. The lowest BCUT2D eigenvalue weighted by atomic mass is 10.1. The predicted molar refractivity (Wildman–Crippen MR) is 123 cm³/mol. The summed E-state index contributed by atoms with van der Waals surface area (Å²) in [4.78, 5) is 12.1. The third-order valence-corrected chi connectivity index (χ3v) is 8.74. The van der Waals surface area contributed by atoms with Crippen molar-refractivity contribution in [3.8, 4) is 0 Å². The van der Waals surface area contributed by atoms with Crippen LogP contribution >= 0.6 is 11.8 Å². The van der Waals surface area contributed by atoms with Crippen LogP contribution in [0.3, 0.4) is 0 Å². The average Bonchev–Trinajstić information content (AvgIpc) is 2.54. The molecule has 0 heterocycles. The Labute approximate surface area is 188 Å². The molecule has 0 bridgehead atoms. The van der Waals surface area contributed by atoms with Gasteiger partial charge >= 0.3 is 8.80 Å². The van der Waals surface area contributed by atoms with Gasteiger partial charge in [0.25, 0.3) is 0 Å². The van der Waals surface area contributed by atoms with Gasteiger partial charge in [0.05, 0.1) is 44.1 Å². The van der Waals surface area contributed by atoms with Crippen LogP contribution in [-0.4, -0.2) is 104 Å². The number of carbonyl (C=O) groups excluding carboxylic acids is 1. The number of hydrogen-bond donors (Lipinski definition) is 1. The van der Waals surface area contributed by atoms with Crippen molar-refractivity contribution in [3.05, 3.63) is 0 Å². The van der Waals surface area contributed by atoms with Crippen LogP contribution in [0.4, 0.5) is 0 Å². The minimum Gasteiger partial charge on any atom is -0.748 e. The molecule has 0 aromatic heterocycles. The molecule has 0 saturated carbocycles. The summed E-state index contributed by atoms with van der Waals surface area (Å²) in [6.45, 7) is 4.80. The van der Waals surface area contributed by atoms with Gasteiger partial charge < -0.3 is 27.6 Å². The molecule has 12 heteroatoms. The van der Waals surface area contributed by atoms with Crippen molar-refractivity contribution in [2.75, 3.05) is 66.8 Å². The number of thioether (sulfide) groups is 1. The number of quaternary nitrogens is 1. The molecule has 1 amide bonds. The summed E-state index contributed by atoms with van der Waals surface area (Å²) >= 11 is 1.62. The Morgan fingerprint density at radius 2 is 1.57 bits per heavy atom. The van der Waals surface area contributed by atoms with Crippen molar-refractivity contribution in [3.63, 3.8) is 0 Å². The van der Waals surface area contributed by atoms with E-state index in [4.69, 9.17) is 13.3 Å². The molecule has 0 rings (SSSR count). The molecule has 0 aliphatic heterocycles. The lowest BCUT2D eigenvalue weighted by Gasteiger charge is -2.29. The second kappa shape index (κ2) is 14.0. The third-order valence-electron chi connectivity index (χ3n) is 3.52. The summed E-state index contributed by atoms with van der Waals surface area (Å²) in [5.74, 6) is 0.209. The topological polar surface area (TPSA) is 114 Å². The number of nitrogens with zero attached hydrogens (tertiary/aromatic N) is 1. The zero-order valence-electron chi connectivity index (χ0n) is 20.2. The maximum atomic E-state index is 12.1. The Balaban J connectivity index is 0. The summed E-state index contributed by atoms with van der Waals surface area (Å²) < 4.78 is 49.6. The van der Waals surface area contributed by atoms with E-state index >= 15 is 0 Å². The van der Waals surface area contributed by atoms with Crippen molar-refractivity contribution in [1.82, 2.24) is 5.32 Å². The smallest absolute Gasteiger partial charge is 0.500 e. The summed E-state index contributed by atoms with van der Waals surface area (Å²) in [6, 6.07) is 0.693. The van der Waals surface area contributed by atoms with Crippen LogP contribution in [-0.2, 0) is 28.2 Å². The molecule has 0 saturated heterocycles. The molecule has 1 N–H and O–H groups in total. The normalized spacial score (nSPS) is 14.0. The van der Waals surface area contributed by atoms with Crippen LogP contribution in [0, 0.1) is 5.92 Å². The Bertz CT molecular complexity index is 578. The van der Waals surface area contributed by atoms with Crippen molar-refractivity contribution in [2.24, 2.45) is 5.92 Å². The van der Waals surface area contributed by atoms with Gasteiger partial charge in [0.2, 0.25) is 5.91 Å². The van der Waals surface area contributed by atoms with Crippen molar-refractivity contribution in [2.45, 2.75) is 38.8 Å². The fourth-order valence-corrected chi connectivity index (χ4v) is 6.17. The fraction of sp³-hybridized carbons (Fsp3) is 0.944. The summed E-state index contributed by atoms with van der Waals surface area (Å²) in [6.07, 6.45) is 0.834. The van der Waals surface area contributed by atoms with E-state index in [1.165, 1.54) is 13.8 Å². The molecule has 0 aliphatic rings. The van der Waals surface area contributed by atoms with Crippen LogP contribution in [0.2, 0.25) is 6.04 Å². The van der Waals surface area contributed by atoms with E-state index in [-0.39, 0.29) is 11.8 Å². The first-order valence-electron chi connectivity index (χ1n) is 9.68. The Kier molecular flexibility index (Phi) is 15.0. The van der Waals surface area contributed by atoms with E-state index in [0.29, 0.717) is 11.8 Å². The van der Waals surface area contributed by atoms with Crippen LogP contribution < -0.4 is 5.32 Å². The Hall–Kier alpha value is -0.213. The number of hydrogen-bond acceptors (Lipinski definition) is 8. The standard InChI is InChI=1S/C14H31NO7S2Si.C4H12N/c1-12(13(16)15-14(2,3)11-24(17,18)19)10-23-8-7-9-25(20-4,21-5)22-6;1-5(2,3)4/h12H,7-11H2,1-6H3,(H,15,16)(H,17,18,19);1-4H3/q;+1/p-1. The molecular formula is C18H42N2O7S2Si. The van der Waals surface area contributed by atoms with Crippen molar-refractivity contribution < 1.29 is 35.5 Å². The quantitative estimate of drug-likeness (QED) is 0.178. The zero-order chi connectivity index (χ0) is 24.2. The lowest BCUT2D eigenvalue weighted by Crippen LogP contribution is -2.50. The highest BCUT2D eigenvalue weighted by molar-refractivity contribution is 7.99. The first-order chi connectivity index (χ1) is 13.4. The highest BCUT2D eigenvalue weighted by atomic mass is 32.2. The van der Waals surface area contributed by atoms with Gasteiger partial charge in [-0.25, -0.2) is 8.42 Å². The van der Waals surface area contributed by atoms with Crippen molar-refractivity contribution in [1.29, 1.82) is 0 Å². The number of amides is 1. The third kappa shape index (κ3) is 18.5. The van der Waals surface area contributed by atoms with Gasteiger partial charge in [0.15, 0.2) is 0 Å². The molecule has 30 heavy (non-hydrogen) atoms. The molecule has 0 fully saturated rings. The first kappa shape index (κ1) is 32.0. The molecule has 1 unspecified atom stereocenters. The lowest BCUT2D eigenvalue weighted by molar-refractivity contribution is -0.849. The van der Waals surface area contributed by atoms with Crippen LogP contribution in [0.5, 0.6) is 0 Å². The predicted octanol–water partition coefficient (Wildman–Crippen LogP) is 1.39. The minimum atomic E-state index is -4.40. The van der Waals surface area contributed by atoms with Gasteiger partial charge in [-0.1, -0.05) is 6.92 Å². The molecule has 9 nitrogen and oxygen atoms in total. The maximum Gasteiger partial charge on any atom is 0.500 e. The van der Waals surface area contributed by atoms with E-state index < -0.39 is 30.2 Å². The number of rotatable bonds is 13. The molecular weight excluding hydrogens is 448 g/mol. The van der Waals surface area contributed by atoms with Gasteiger partial charge in [0.1, 0.15) is 0 Å². The van der Waals surface area contributed by atoms with Gasteiger partial charge in [-0.15, -0.1) is 0 Å². The van der Waals surface area contributed by atoms with E-state index in [2.05, 4.69) is 33.5 Å². The summed E-state index contributed by atoms with van der Waals surface area (Å²) in [5.41, 5.74) is -1.09. The first-order valence-corrected chi connectivity index (χ1v) is 14.3. The SMILES string of the molecule is CO[Si](CCCSCC(C)C(=O)NC(C)(C)CS(=O)(=O)[O-])(OC)OC.C[N+](C)(C)C. The Morgan fingerprint density at radius 3 is 1.93 bits per heavy atom. The maximum absolute atomic E-state index is 12.1. The van der Waals surface area contributed by atoms with E-state index in [1.54, 1.807) is 40.0 Å². The van der Waals surface area contributed by atoms with E-state index in [1.807, 2.05) is 0 Å². The van der Waals surface area contributed by atoms with Crippen molar-refractivity contribution >= 4 is 36.6 Å². The number of nitrogens with one attached hydrogen (secondary N) is 1. The molecule has 182 valence electrons. The Morgan fingerprint density at radius 1 is 1.13 bits per heavy atom.